The Morgan fingerprint density at radius 1 is 1.30 bits per heavy atom. The maximum Gasteiger partial charge on any atom is 0.177 e. The fraction of sp³-hybridized carbons (Fsp3) is 0.588. The number of carbonyl (C=O) groups excluding carboxylic acids is 1. The van der Waals surface area contributed by atoms with Crippen LogP contribution < -0.4 is 10.1 Å². The van der Waals surface area contributed by atoms with Crippen molar-refractivity contribution >= 4 is 5.78 Å². The molecule has 5 atom stereocenters. The van der Waals surface area contributed by atoms with Crippen LogP contribution in [0.2, 0.25) is 0 Å². The van der Waals surface area contributed by atoms with E-state index in [1.54, 1.807) is 6.07 Å². The predicted octanol–water partition coefficient (Wildman–Crippen LogP) is -0.236. The highest BCUT2D eigenvalue weighted by Crippen LogP contribution is 2.63. The van der Waals surface area contributed by atoms with Gasteiger partial charge < -0.3 is 25.4 Å². The lowest BCUT2D eigenvalue weighted by Gasteiger charge is -2.57. The number of benzene rings is 1. The number of hydrogen-bond acceptors (Lipinski definition) is 6. The summed E-state index contributed by atoms with van der Waals surface area (Å²) in [6.07, 6.45) is -0.225. The molecule has 0 aromatic heterocycles. The third-order valence-electron chi connectivity index (χ3n) is 6.36. The molecule has 6 nitrogen and oxygen atoms in total. The Labute approximate surface area is 133 Å². The van der Waals surface area contributed by atoms with Crippen molar-refractivity contribution in [3.05, 3.63) is 23.3 Å². The molecule has 1 saturated carbocycles. The molecule has 1 saturated heterocycles. The number of hydrogen-bond donors (Lipinski definition) is 4. The predicted molar refractivity (Wildman–Crippen MR) is 79.5 cm³/mol. The highest BCUT2D eigenvalue weighted by atomic mass is 16.5. The van der Waals surface area contributed by atoms with Gasteiger partial charge in [0.2, 0.25) is 0 Å². The third kappa shape index (κ3) is 1.31. The van der Waals surface area contributed by atoms with Gasteiger partial charge >= 0.3 is 0 Å². The average molecular weight is 317 g/mol. The first-order chi connectivity index (χ1) is 11.0. The summed E-state index contributed by atoms with van der Waals surface area (Å²) in [6.45, 7) is 0.720. The van der Waals surface area contributed by atoms with Crippen LogP contribution in [0.5, 0.6) is 11.5 Å². The first-order valence-electron chi connectivity index (χ1n) is 8.18. The Kier molecular flexibility index (Phi) is 2.43. The van der Waals surface area contributed by atoms with Crippen molar-refractivity contribution in [3.63, 3.8) is 0 Å². The van der Waals surface area contributed by atoms with E-state index in [9.17, 15) is 20.1 Å². The molecule has 6 heteroatoms. The molecule has 23 heavy (non-hydrogen) atoms. The number of phenols is 1. The minimum Gasteiger partial charge on any atom is -0.504 e. The number of aliphatic hydroxyl groups excluding tert-OH is 1. The Bertz CT molecular complexity index is 734. The van der Waals surface area contributed by atoms with Crippen LogP contribution in [-0.2, 0) is 16.6 Å². The van der Waals surface area contributed by atoms with E-state index < -0.39 is 23.2 Å². The molecule has 0 amide bonds. The zero-order valence-electron chi connectivity index (χ0n) is 12.6. The highest BCUT2D eigenvalue weighted by molar-refractivity contribution is 5.90. The number of ether oxygens (including phenoxy) is 1. The maximum absolute atomic E-state index is 12.6. The van der Waals surface area contributed by atoms with E-state index in [4.69, 9.17) is 4.74 Å². The largest absolute Gasteiger partial charge is 0.504 e. The summed E-state index contributed by atoms with van der Waals surface area (Å²) in [5.74, 6) is 0.104. The molecule has 2 bridgehead atoms. The molecular weight excluding hydrogens is 298 g/mol. The number of aromatic hydroxyl groups is 1. The number of aliphatic hydroxyl groups is 2. The molecule has 1 aromatic carbocycles. The van der Waals surface area contributed by atoms with Gasteiger partial charge in [0.25, 0.3) is 0 Å². The maximum atomic E-state index is 12.6. The Morgan fingerprint density at radius 2 is 2.13 bits per heavy atom. The molecule has 2 fully saturated rings. The van der Waals surface area contributed by atoms with Crippen LogP contribution in [-0.4, -0.2) is 51.5 Å². The molecule has 1 aromatic rings. The van der Waals surface area contributed by atoms with E-state index in [0.717, 1.165) is 24.1 Å². The molecule has 1 unspecified atom stereocenters. The first-order valence-corrected chi connectivity index (χ1v) is 8.18. The lowest BCUT2D eigenvalue weighted by atomic mass is 9.50. The number of ketones is 1. The molecule has 1 spiro atoms. The molecular formula is C17H19NO5. The van der Waals surface area contributed by atoms with Crippen LogP contribution in [0.3, 0.4) is 0 Å². The third-order valence-corrected chi connectivity index (χ3v) is 6.36. The second kappa shape index (κ2) is 4.06. The van der Waals surface area contributed by atoms with Gasteiger partial charge in [-0.1, -0.05) is 6.07 Å². The van der Waals surface area contributed by atoms with Crippen molar-refractivity contribution in [1.82, 2.24) is 5.32 Å². The van der Waals surface area contributed by atoms with E-state index in [-0.39, 0.29) is 24.0 Å². The zero-order valence-corrected chi connectivity index (χ0v) is 12.6. The van der Waals surface area contributed by atoms with Gasteiger partial charge in [0.1, 0.15) is 5.60 Å². The minimum atomic E-state index is -1.46. The minimum absolute atomic E-state index is 0.00665. The normalized spacial score (nSPS) is 43.6. The van der Waals surface area contributed by atoms with E-state index in [2.05, 4.69) is 5.32 Å². The lowest BCUT2D eigenvalue weighted by molar-refractivity contribution is -0.194. The molecule has 2 heterocycles. The summed E-state index contributed by atoms with van der Waals surface area (Å²) in [4.78, 5) is 12.6. The van der Waals surface area contributed by atoms with E-state index >= 15 is 0 Å². The SMILES string of the molecule is O=C1CC(O)[C@@]2(O)[C@H]3Cc4ccc(O)c5c4[C@@]2(CCCN3)[C@H]1O5. The van der Waals surface area contributed by atoms with Crippen molar-refractivity contribution in [3.8, 4) is 11.5 Å². The molecule has 2 aliphatic heterocycles. The topological polar surface area (TPSA) is 99.0 Å². The second-order valence-electron chi connectivity index (χ2n) is 7.24. The van der Waals surface area contributed by atoms with Gasteiger partial charge in [0.05, 0.1) is 11.5 Å². The van der Waals surface area contributed by atoms with Crippen molar-refractivity contribution in [2.75, 3.05) is 6.54 Å². The Hall–Kier alpha value is -1.63. The van der Waals surface area contributed by atoms with Gasteiger partial charge in [-0.3, -0.25) is 4.79 Å². The molecule has 5 rings (SSSR count). The average Bonchev–Trinajstić information content (AvgIpc) is 2.84. The van der Waals surface area contributed by atoms with E-state index in [1.807, 2.05) is 6.07 Å². The highest BCUT2D eigenvalue weighted by Gasteiger charge is 2.74. The number of Topliss-reactive ketones (excluding diaryl/α,β-unsaturated/α-hetero) is 1. The van der Waals surface area contributed by atoms with Gasteiger partial charge in [-0.25, -0.2) is 0 Å². The van der Waals surface area contributed by atoms with Gasteiger partial charge in [-0.15, -0.1) is 0 Å². The number of rotatable bonds is 0. The number of nitrogens with one attached hydrogen (secondary N) is 1. The summed E-state index contributed by atoms with van der Waals surface area (Å²) >= 11 is 0. The fourth-order valence-electron chi connectivity index (χ4n) is 5.49. The van der Waals surface area contributed by atoms with Gasteiger partial charge in [-0.05, 0) is 37.4 Å². The van der Waals surface area contributed by atoms with Crippen molar-refractivity contribution in [2.24, 2.45) is 0 Å². The lowest BCUT2D eigenvalue weighted by Crippen LogP contribution is -2.76. The Morgan fingerprint density at radius 3 is 2.96 bits per heavy atom. The van der Waals surface area contributed by atoms with Crippen LogP contribution in [0, 0.1) is 0 Å². The monoisotopic (exact) mass is 317 g/mol. The quantitative estimate of drug-likeness (QED) is 0.527. The molecule has 4 N–H and O–H groups in total. The van der Waals surface area contributed by atoms with Gasteiger partial charge in [0.15, 0.2) is 23.4 Å². The zero-order chi connectivity index (χ0) is 16.0. The second-order valence-corrected chi connectivity index (χ2v) is 7.24. The van der Waals surface area contributed by atoms with Crippen LogP contribution in [0.4, 0.5) is 0 Å². The van der Waals surface area contributed by atoms with Crippen LogP contribution in [0.15, 0.2) is 12.1 Å². The Balaban J connectivity index is 1.90. The van der Waals surface area contributed by atoms with E-state index in [1.165, 1.54) is 0 Å². The standard InChI is InChI=1S/C17H19NO5/c19-9-3-2-8-6-11-17(22)12(21)7-10(20)15-16(17,4-1-5-18-11)13(8)14(9)23-15/h2-3,11-12,15,18-19,21-22H,1,4-7H2/t11-,12?,15+,16+,17+/m1/s1. The number of phenolic OH excluding ortho intramolecular Hbond substituents is 1. The summed E-state index contributed by atoms with van der Waals surface area (Å²) in [5.41, 5.74) is -0.727. The fourth-order valence-corrected chi connectivity index (χ4v) is 5.49. The van der Waals surface area contributed by atoms with Crippen LogP contribution in [0.1, 0.15) is 30.4 Å². The summed E-state index contributed by atoms with van der Waals surface area (Å²) < 4.78 is 5.89. The van der Waals surface area contributed by atoms with Crippen molar-refractivity contribution in [2.45, 2.75) is 54.9 Å². The number of carbonyl (C=O) groups is 1. The van der Waals surface area contributed by atoms with Crippen molar-refractivity contribution < 1.29 is 24.9 Å². The first kappa shape index (κ1) is 13.8. The molecule has 122 valence electrons. The summed E-state index contributed by atoms with van der Waals surface area (Å²) in [5, 5.41) is 35.9. The van der Waals surface area contributed by atoms with Crippen LogP contribution >= 0.6 is 0 Å². The van der Waals surface area contributed by atoms with E-state index in [0.29, 0.717) is 18.6 Å². The summed E-state index contributed by atoms with van der Waals surface area (Å²) in [6, 6.07) is 3.09. The van der Waals surface area contributed by atoms with Gasteiger partial charge in [-0.2, -0.15) is 0 Å². The molecule has 4 aliphatic rings. The smallest absolute Gasteiger partial charge is 0.177 e. The van der Waals surface area contributed by atoms with Gasteiger partial charge in [0, 0.05) is 18.0 Å². The molecule has 0 radical (unpaired) electrons. The van der Waals surface area contributed by atoms with Crippen molar-refractivity contribution in [1.29, 1.82) is 0 Å². The van der Waals surface area contributed by atoms with Crippen LogP contribution in [0.25, 0.3) is 0 Å². The summed E-state index contributed by atoms with van der Waals surface area (Å²) in [7, 11) is 0. The molecule has 2 aliphatic carbocycles.